The van der Waals surface area contributed by atoms with Gasteiger partial charge >= 0.3 is 0 Å². The molecule has 19 heavy (non-hydrogen) atoms. The van der Waals surface area contributed by atoms with Gasteiger partial charge in [0.25, 0.3) is 0 Å². The summed E-state index contributed by atoms with van der Waals surface area (Å²) < 4.78 is 27.1. The largest absolute Gasteiger partial charge is 0.395 e. The van der Waals surface area contributed by atoms with Gasteiger partial charge in [-0.1, -0.05) is 30.1 Å². The van der Waals surface area contributed by atoms with Crippen LogP contribution >= 0.6 is 34.5 Å². The molecule has 0 bridgehead atoms. The zero-order valence-electron chi connectivity index (χ0n) is 10.3. The molecule has 0 amide bonds. The van der Waals surface area contributed by atoms with E-state index in [1.807, 2.05) is 6.92 Å². The van der Waals surface area contributed by atoms with Crippen molar-refractivity contribution in [2.75, 3.05) is 13.2 Å². The number of aliphatic hydroxyl groups excluding tert-OH is 1. The van der Waals surface area contributed by atoms with Gasteiger partial charge in [-0.3, -0.25) is 0 Å². The average Bonchev–Trinajstić information content (AvgIpc) is 2.68. The number of halogens is 2. The number of aliphatic hydroxyl groups is 1. The molecule has 0 saturated carbocycles. The molecule has 108 valence electrons. The first kappa shape index (κ1) is 15.5. The van der Waals surface area contributed by atoms with Gasteiger partial charge in [-0.25, -0.2) is 8.42 Å². The lowest BCUT2D eigenvalue weighted by molar-refractivity contribution is 0.113. The lowest BCUT2D eigenvalue weighted by Crippen LogP contribution is -2.49. The summed E-state index contributed by atoms with van der Waals surface area (Å²) >= 11 is 12.8. The standard InChI is InChI=1S/C11H15Cl2NO3S2/c1-7-3-2-4-14(8(7)6-15)19(16,17)9-5-10(12)18-11(9)13/h5,7-8,15H,2-4,6H2,1H3. The Balaban J connectivity index is 2.40. The zero-order valence-corrected chi connectivity index (χ0v) is 13.5. The SMILES string of the molecule is CC1CCCN(S(=O)(=O)c2cc(Cl)sc2Cl)C1CO. The Hall–Kier alpha value is 0.150. The van der Waals surface area contributed by atoms with Crippen LogP contribution in [0, 0.1) is 5.92 Å². The predicted octanol–water partition coefficient (Wildman–Crippen LogP) is 2.84. The lowest BCUT2D eigenvalue weighted by atomic mass is 9.93. The lowest BCUT2D eigenvalue weighted by Gasteiger charge is -2.37. The van der Waals surface area contributed by atoms with Crippen molar-refractivity contribution in [2.45, 2.75) is 30.7 Å². The molecule has 1 N–H and O–H groups in total. The minimum atomic E-state index is -3.70. The van der Waals surface area contributed by atoms with E-state index in [1.165, 1.54) is 10.4 Å². The summed E-state index contributed by atoms with van der Waals surface area (Å²) in [6.45, 7) is 2.17. The Labute approximate surface area is 127 Å². The zero-order chi connectivity index (χ0) is 14.2. The van der Waals surface area contributed by atoms with Gasteiger partial charge in [-0.15, -0.1) is 11.3 Å². The monoisotopic (exact) mass is 343 g/mol. The van der Waals surface area contributed by atoms with E-state index in [2.05, 4.69) is 0 Å². The number of thiophene rings is 1. The number of nitrogens with zero attached hydrogens (tertiary/aromatic N) is 1. The maximum absolute atomic E-state index is 12.6. The minimum Gasteiger partial charge on any atom is -0.395 e. The molecule has 2 heterocycles. The highest BCUT2D eigenvalue weighted by molar-refractivity contribution is 7.89. The third kappa shape index (κ3) is 2.94. The number of piperidine rings is 1. The van der Waals surface area contributed by atoms with Crippen LogP contribution in [0.25, 0.3) is 0 Å². The second kappa shape index (κ2) is 5.87. The van der Waals surface area contributed by atoms with E-state index < -0.39 is 16.1 Å². The van der Waals surface area contributed by atoms with Gasteiger partial charge in [0.1, 0.15) is 9.23 Å². The van der Waals surface area contributed by atoms with Crippen molar-refractivity contribution < 1.29 is 13.5 Å². The van der Waals surface area contributed by atoms with E-state index in [1.54, 1.807) is 0 Å². The van der Waals surface area contributed by atoms with E-state index in [-0.39, 0.29) is 21.8 Å². The Morgan fingerprint density at radius 1 is 1.53 bits per heavy atom. The summed E-state index contributed by atoms with van der Waals surface area (Å²) in [5.41, 5.74) is 0. The van der Waals surface area contributed by atoms with E-state index in [0.29, 0.717) is 10.9 Å². The van der Waals surface area contributed by atoms with Crippen LogP contribution in [0.4, 0.5) is 0 Å². The van der Waals surface area contributed by atoms with Gasteiger partial charge in [0.15, 0.2) is 0 Å². The summed E-state index contributed by atoms with van der Waals surface area (Å²) in [5, 5.41) is 9.45. The average molecular weight is 344 g/mol. The third-order valence-electron chi connectivity index (χ3n) is 3.46. The quantitative estimate of drug-likeness (QED) is 0.917. The van der Waals surface area contributed by atoms with E-state index >= 15 is 0 Å². The maximum Gasteiger partial charge on any atom is 0.245 e. The third-order valence-corrected chi connectivity index (χ3v) is 7.14. The fourth-order valence-corrected chi connectivity index (χ4v) is 6.27. The van der Waals surface area contributed by atoms with Gasteiger partial charge in [0.05, 0.1) is 17.0 Å². The fraction of sp³-hybridized carbons (Fsp3) is 0.636. The first-order valence-corrected chi connectivity index (χ1v) is 8.96. The van der Waals surface area contributed by atoms with Crippen molar-refractivity contribution >= 4 is 44.6 Å². The van der Waals surface area contributed by atoms with Crippen molar-refractivity contribution in [1.82, 2.24) is 4.31 Å². The topological polar surface area (TPSA) is 57.6 Å². The molecule has 1 aliphatic rings. The van der Waals surface area contributed by atoms with Crippen LogP contribution in [0.5, 0.6) is 0 Å². The van der Waals surface area contributed by atoms with Crippen molar-refractivity contribution in [3.8, 4) is 0 Å². The van der Waals surface area contributed by atoms with Crippen molar-refractivity contribution in [3.05, 3.63) is 14.7 Å². The molecule has 8 heteroatoms. The first-order valence-electron chi connectivity index (χ1n) is 5.95. The van der Waals surface area contributed by atoms with Crippen molar-refractivity contribution in [3.63, 3.8) is 0 Å². The first-order chi connectivity index (χ1) is 8.87. The predicted molar refractivity (Wildman–Crippen MR) is 77.5 cm³/mol. The van der Waals surface area contributed by atoms with Crippen molar-refractivity contribution in [1.29, 1.82) is 0 Å². The summed E-state index contributed by atoms with van der Waals surface area (Å²) in [5.74, 6) is 0.126. The molecule has 2 rings (SSSR count). The minimum absolute atomic E-state index is 0.0386. The molecule has 0 radical (unpaired) electrons. The van der Waals surface area contributed by atoms with Crippen LogP contribution in [0.1, 0.15) is 19.8 Å². The second-order valence-corrected chi connectivity index (χ2v) is 8.82. The van der Waals surface area contributed by atoms with Crippen LogP contribution < -0.4 is 0 Å². The van der Waals surface area contributed by atoms with Crippen LogP contribution in [-0.4, -0.2) is 37.0 Å². The molecule has 1 aromatic rings. The molecule has 2 atom stereocenters. The molecular weight excluding hydrogens is 329 g/mol. The Bertz CT molecular complexity index is 558. The maximum atomic E-state index is 12.6. The smallest absolute Gasteiger partial charge is 0.245 e. The molecule has 0 aliphatic carbocycles. The normalized spacial score (nSPS) is 25.7. The molecule has 2 unspecified atom stereocenters. The Morgan fingerprint density at radius 3 is 2.74 bits per heavy atom. The second-order valence-electron chi connectivity index (χ2n) is 4.67. The summed E-state index contributed by atoms with van der Waals surface area (Å²) in [6, 6.07) is 0.978. The summed E-state index contributed by atoms with van der Waals surface area (Å²) in [4.78, 5) is 0.0386. The number of rotatable bonds is 3. The van der Waals surface area contributed by atoms with Crippen LogP contribution in [-0.2, 0) is 10.0 Å². The van der Waals surface area contributed by atoms with Gasteiger partial charge < -0.3 is 5.11 Å². The Kier molecular flexibility index (Phi) is 4.80. The van der Waals surface area contributed by atoms with Gasteiger partial charge in [-0.05, 0) is 24.8 Å². The molecule has 1 aliphatic heterocycles. The molecular formula is C11H15Cl2NO3S2. The number of hydrogen-bond donors (Lipinski definition) is 1. The number of sulfonamides is 1. The van der Waals surface area contributed by atoms with Crippen LogP contribution in [0.3, 0.4) is 0 Å². The van der Waals surface area contributed by atoms with Gasteiger partial charge in [0.2, 0.25) is 10.0 Å². The molecule has 1 fully saturated rings. The van der Waals surface area contributed by atoms with Gasteiger partial charge in [-0.2, -0.15) is 4.31 Å². The molecule has 0 spiro atoms. The Morgan fingerprint density at radius 2 is 2.21 bits per heavy atom. The van der Waals surface area contributed by atoms with Crippen LogP contribution in [0.15, 0.2) is 11.0 Å². The van der Waals surface area contributed by atoms with Crippen LogP contribution in [0.2, 0.25) is 8.67 Å². The number of hydrogen-bond acceptors (Lipinski definition) is 4. The van der Waals surface area contributed by atoms with Crippen molar-refractivity contribution in [2.24, 2.45) is 5.92 Å². The summed E-state index contributed by atoms with van der Waals surface area (Å²) in [7, 11) is -3.70. The fourth-order valence-electron chi connectivity index (χ4n) is 2.41. The highest BCUT2D eigenvalue weighted by Gasteiger charge is 2.38. The molecule has 0 aromatic carbocycles. The molecule has 1 aromatic heterocycles. The molecule has 4 nitrogen and oxygen atoms in total. The summed E-state index contributed by atoms with van der Waals surface area (Å²) in [6.07, 6.45) is 1.70. The molecule has 1 saturated heterocycles. The highest BCUT2D eigenvalue weighted by atomic mass is 35.5. The van der Waals surface area contributed by atoms with E-state index in [0.717, 1.165) is 24.2 Å². The highest BCUT2D eigenvalue weighted by Crippen LogP contribution is 2.38. The van der Waals surface area contributed by atoms with E-state index in [9.17, 15) is 13.5 Å². The van der Waals surface area contributed by atoms with E-state index in [4.69, 9.17) is 23.2 Å². The van der Waals surface area contributed by atoms with Gasteiger partial charge in [0, 0.05) is 6.54 Å².